The molecule has 0 aliphatic rings. The molecule has 0 aliphatic carbocycles. The van der Waals surface area contributed by atoms with Gasteiger partial charge in [0.1, 0.15) is 0 Å². The maximum absolute atomic E-state index is 6.09. The number of nitrogens with two attached hydrogens (primary N) is 1. The average Bonchev–Trinajstić information content (AvgIpc) is 2.79. The molecule has 3 nitrogen and oxygen atoms in total. The normalized spacial score (nSPS) is 10.5. The Morgan fingerprint density at radius 3 is 2.80 bits per heavy atom. The summed E-state index contributed by atoms with van der Waals surface area (Å²) in [6.45, 7) is 0.604. The molecule has 3 N–H and O–H groups in total. The third kappa shape index (κ3) is 2.66. The first-order valence-electron chi connectivity index (χ1n) is 6.20. The second kappa shape index (κ2) is 6.27. The topological polar surface area (TPSA) is 54.7 Å². The second-order valence-corrected chi connectivity index (χ2v) is 4.89. The zero-order chi connectivity index (χ0) is 13.2. The second-order valence-electron chi connectivity index (χ2n) is 4.45. The Morgan fingerprint density at radius 1 is 1.25 bits per heavy atom. The molecule has 104 valence electrons. The van der Waals surface area contributed by atoms with E-state index in [4.69, 9.17) is 17.3 Å². The van der Waals surface area contributed by atoms with Gasteiger partial charge in [-0.2, -0.15) is 0 Å². The number of fused-ring (bicyclic) bond motifs is 1. The van der Waals surface area contributed by atoms with Crippen molar-refractivity contribution in [3.8, 4) is 11.3 Å². The molecule has 2 heterocycles. The Morgan fingerprint density at radius 2 is 2.10 bits per heavy atom. The predicted octanol–water partition coefficient (Wildman–Crippen LogP) is 3.81. The van der Waals surface area contributed by atoms with Gasteiger partial charge in [-0.05, 0) is 48.9 Å². The number of rotatable bonds is 3. The highest BCUT2D eigenvalue weighted by atomic mass is 35.5. The van der Waals surface area contributed by atoms with Crippen LogP contribution in [-0.4, -0.2) is 16.5 Å². The highest BCUT2D eigenvalue weighted by Crippen LogP contribution is 2.31. The molecule has 3 rings (SSSR count). The molecule has 0 fully saturated rings. The van der Waals surface area contributed by atoms with Crippen LogP contribution in [0, 0.1) is 0 Å². The van der Waals surface area contributed by atoms with E-state index in [2.05, 4.69) is 9.97 Å². The number of nitrogens with one attached hydrogen (secondary N) is 1. The quantitative estimate of drug-likeness (QED) is 0.773. The van der Waals surface area contributed by atoms with Gasteiger partial charge in [-0.25, -0.2) is 0 Å². The van der Waals surface area contributed by atoms with E-state index in [1.54, 1.807) is 6.20 Å². The molecule has 0 bridgehead atoms. The lowest BCUT2D eigenvalue weighted by molar-refractivity contribution is 0.978. The van der Waals surface area contributed by atoms with E-state index in [1.807, 2.05) is 36.5 Å². The van der Waals surface area contributed by atoms with Crippen molar-refractivity contribution in [1.82, 2.24) is 9.97 Å². The summed E-state index contributed by atoms with van der Waals surface area (Å²) in [7, 11) is 0. The molecule has 0 unspecified atom stereocenters. The van der Waals surface area contributed by atoms with Crippen LogP contribution < -0.4 is 5.73 Å². The molecule has 2 aromatic heterocycles. The summed E-state index contributed by atoms with van der Waals surface area (Å²) in [5, 5.41) is 1.87. The molecule has 3 aromatic rings. The van der Waals surface area contributed by atoms with Gasteiger partial charge >= 0.3 is 0 Å². The van der Waals surface area contributed by atoms with Crippen LogP contribution in [0.3, 0.4) is 0 Å². The van der Waals surface area contributed by atoms with Crippen LogP contribution in [0.15, 0.2) is 42.7 Å². The molecule has 0 saturated heterocycles. The molecule has 1 aromatic carbocycles. The van der Waals surface area contributed by atoms with Crippen molar-refractivity contribution >= 4 is 34.9 Å². The first-order chi connectivity index (χ1) is 9.29. The number of hydrogen-bond acceptors (Lipinski definition) is 2. The van der Waals surface area contributed by atoms with Gasteiger partial charge in [-0.15, -0.1) is 12.4 Å². The van der Waals surface area contributed by atoms with Crippen LogP contribution in [0.2, 0.25) is 5.02 Å². The van der Waals surface area contributed by atoms with Gasteiger partial charge in [0.15, 0.2) is 0 Å². The van der Waals surface area contributed by atoms with Crippen molar-refractivity contribution in [2.45, 2.75) is 6.42 Å². The zero-order valence-corrected chi connectivity index (χ0v) is 12.3. The van der Waals surface area contributed by atoms with E-state index < -0.39 is 0 Å². The van der Waals surface area contributed by atoms with Crippen molar-refractivity contribution in [2.24, 2.45) is 5.73 Å². The van der Waals surface area contributed by atoms with Crippen LogP contribution in [0.4, 0.5) is 0 Å². The van der Waals surface area contributed by atoms with Crippen LogP contribution in [0.5, 0.6) is 0 Å². The largest absolute Gasteiger partial charge is 0.354 e. The minimum Gasteiger partial charge on any atom is -0.354 e. The first-order valence-corrected chi connectivity index (χ1v) is 6.58. The molecule has 0 amide bonds. The molecular formula is C15H15Cl2N3. The lowest BCUT2D eigenvalue weighted by Crippen LogP contribution is -2.03. The number of H-pyrrole nitrogens is 1. The minimum atomic E-state index is 0. The summed E-state index contributed by atoms with van der Waals surface area (Å²) in [5.74, 6) is 0. The minimum absolute atomic E-state index is 0. The maximum atomic E-state index is 6.09. The number of aromatic amines is 1. The van der Waals surface area contributed by atoms with Crippen LogP contribution in [-0.2, 0) is 6.42 Å². The molecule has 5 heteroatoms. The molecule has 20 heavy (non-hydrogen) atoms. The van der Waals surface area contributed by atoms with Gasteiger partial charge in [0.25, 0.3) is 0 Å². The number of aromatic nitrogens is 2. The highest BCUT2D eigenvalue weighted by molar-refractivity contribution is 6.31. The smallest absolute Gasteiger partial charge is 0.0513 e. The predicted molar refractivity (Wildman–Crippen MR) is 86.5 cm³/mol. The van der Waals surface area contributed by atoms with E-state index in [0.717, 1.165) is 33.6 Å². The Bertz CT molecular complexity index is 708. The van der Waals surface area contributed by atoms with Crippen molar-refractivity contribution < 1.29 is 0 Å². The monoisotopic (exact) mass is 307 g/mol. The summed E-state index contributed by atoms with van der Waals surface area (Å²) in [6.07, 6.45) is 4.43. The average molecular weight is 308 g/mol. The van der Waals surface area contributed by atoms with Gasteiger partial charge in [0.2, 0.25) is 0 Å². The SMILES string of the molecule is Cl.NCCc1c(-c2cccnc2)[nH]c2ccc(Cl)cc12. The van der Waals surface area contributed by atoms with Gasteiger partial charge in [0.05, 0.1) is 5.69 Å². The Kier molecular flexibility index (Phi) is 4.65. The lowest BCUT2D eigenvalue weighted by Gasteiger charge is -2.03. The molecule has 0 saturated carbocycles. The molecule has 0 radical (unpaired) electrons. The lowest BCUT2D eigenvalue weighted by atomic mass is 10.0. The molecule has 0 aliphatic heterocycles. The number of nitrogens with zero attached hydrogens (tertiary/aromatic N) is 1. The molecule has 0 atom stereocenters. The Labute approximate surface area is 128 Å². The van der Waals surface area contributed by atoms with Gasteiger partial charge in [-0.3, -0.25) is 4.98 Å². The number of benzene rings is 1. The van der Waals surface area contributed by atoms with E-state index in [9.17, 15) is 0 Å². The fraction of sp³-hybridized carbons (Fsp3) is 0.133. The third-order valence-corrected chi connectivity index (χ3v) is 3.45. The van der Waals surface area contributed by atoms with Crippen LogP contribution >= 0.6 is 24.0 Å². The van der Waals surface area contributed by atoms with Gasteiger partial charge in [0, 0.05) is 33.9 Å². The number of hydrogen-bond donors (Lipinski definition) is 2. The molecular weight excluding hydrogens is 293 g/mol. The van der Waals surface area contributed by atoms with E-state index >= 15 is 0 Å². The summed E-state index contributed by atoms with van der Waals surface area (Å²) >= 11 is 6.09. The first kappa shape index (κ1) is 14.9. The van der Waals surface area contributed by atoms with Crippen LogP contribution in [0.25, 0.3) is 22.2 Å². The maximum Gasteiger partial charge on any atom is 0.0513 e. The standard InChI is InChI=1S/C15H14ClN3.ClH/c16-11-3-4-14-13(8-11)12(5-6-17)15(19-14)10-2-1-7-18-9-10;/h1-4,7-9,19H,5-6,17H2;1H. The van der Waals surface area contributed by atoms with E-state index in [0.29, 0.717) is 6.54 Å². The zero-order valence-electron chi connectivity index (χ0n) is 10.8. The Hall–Kier alpha value is -1.55. The fourth-order valence-corrected chi connectivity index (χ4v) is 2.55. The van der Waals surface area contributed by atoms with Crippen molar-refractivity contribution in [2.75, 3.05) is 6.54 Å². The van der Waals surface area contributed by atoms with E-state index in [-0.39, 0.29) is 12.4 Å². The van der Waals surface area contributed by atoms with Crippen molar-refractivity contribution in [1.29, 1.82) is 0 Å². The van der Waals surface area contributed by atoms with Gasteiger partial charge < -0.3 is 10.7 Å². The summed E-state index contributed by atoms with van der Waals surface area (Å²) in [5.41, 5.74) is 10.2. The van der Waals surface area contributed by atoms with Crippen molar-refractivity contribution in [3.05, 3.63) is 53.3 Å². The van der Waals surface area contributed by atoms with Gasteiger partial charge in [-0.1, -0.05) is 11.6 Å². The number of halogens is 2. The summed E-state index contributed by atoms with van der Waals surface area (Å²) in [6, 6.07) is 9.84. The summed E-state index contributed by atoms with van der Waals surface area (Å²) in [4.78, 5) is 7.61. The fourth-order valence-electron chi connectivity index (χ4n) is 2.38. The van der Waals surface area contributed by atoms with Crippen LogP contribution in [0.1, 0.15) is 5.56 Å². The van der Waals surface area contributed by atoms with Crippen molar-refractivity contribution in [3.63, 3.8) is 0 Å². The summed E-state index contributed by atoms with van der Waals surface area (Å²) < 4.78 is 0. The van der Waals surface area contributed by atoms with E-state index in [1.165, 1.54) is 5.56 Å². The third-order valence-electron chi connectivity index (χ3n) is 3.21. The molecule has 0 spiro atoms. The highest BCUT2D eigenvalue weighted by Gasteiger charge is 2.12. The number of pyridine rings is 1. The Balaban J connectivity index is 0.00000147.